The Bertz CT molecular complexity index is 345. The molecule has 3 N–H and O–H groups in total. The summed E-state index contributed by atoms with van der Waals surface area (Å²) in [6, 6.07) is 7.09. The zero-order valence-electron chi connectivity index (χ0n) is 9.81. The van der Waals surface area contributed by atoms with Gasteiger partial charge in [0.2, 0.25) is 5.91 Å². The topological polar surface area (TPSA) is 63.3 Å². The summed E-state index contributed by atoms with van der Waals surface area (Å²) in [7, 11) is 0. The lowest BCUT2D eigenvalue weighted by molar-refractivity contribution is -0.122. The Labute approximate surface area is 96.3 Å². The van der Waals surface area contributed by atoms with Crippen molar-refractivity contribution >= 4 is 5.91 Å². The Balaban J connectivity index is 2.67. The molecule has 0 aliphatic carbocycles. The van der Waals surface area contributed by atoms with E-state index in [-0.39, 0.29) is 23.5 Å². The highest BCUT2D eigenvalue weighted by Crippen LogP contribution is 2.26. The predicted molar refractivity (Wildman–Crippen MR) is 64.1 cm³/mol. The average Bonchev–Trinajstić information content (AvgIpc) is 2.26. The Morgan fingerprint density at radius 3 is 2.38 bits per heavy atom. The molecule has 0 aliphatic heterocycles. The summed E-state index contributed by atoms with van der Waals surface area (Å²) in [6.07, 6.45) is 1.54. The lowest BCUT2D eigenvalue weighted by Crippen LogP contribution is -2.23. The van der Waals surface area contributed by atoms with Crippen LogP contribution >= 0.6 is 0 Å². The number of hydrogen-bond donors (Lipinski definition) is 2. The number of carbonyl (C=O) groups is 1. The second kappa shape index (κ2) is 5.54. The third-order valence-corrected chi connectivity index (χ3v) is 3.00. The molecule has 88 valence electrons. The van der Waals surface area contributed by atoms with E-state index in [0.29, 0.717) is 0 Å². The van der Waals surface area contributed by atoms with Crippen LogP contribution in [-0.2, 0) is 4.79 Å². The summed E-state index contributed by atoms with van der Waals surface area (Å²) in [4.78, 5) is 11.1. The summed E-state index contributed by atoms with van der Waals surface area (Å²) < 4.78 is 0. The minimum atomic E-state index is -0.229. The molecular formula is C13H19NO2. The highest BCUT2D eigenvalue weighted by atomic mass is 16.3. The van der Waals surface area contributed by atoms with Gasteiger partial charge in [-0.25, -0.2) is 0 Å². The minimum Gasteiger partial charge on any atom is -0.508 e. The van der Waals surface area contributed by atoms with Crippen LogP contribution in [0.3, 0.4) is 0 Å². The predicted octanol–water partition coefficient (Wildman–Crippen LogP) is 2.40. The highest BCUT2D eigenvalue weighted by Gasteiger charge is 2.17. The Hall–Kier alpha value is -1.51. The molecule has 0 saturated heterocycles. The fourth-order valence-corrected chi connectivity index (χ4v) is 1.85. The first-order chi connectivity index (χ1) is 7.54. The second-order valence-corrected chi connectivity index (χ2v) is 4.24. The molecule has 0 heterocycles. The number of primary amides is 1. The van der Waals surface area contributed by atoms with E-state index in [4.69, 9.17) is 5.73 Å². The van der Waals surface area contributed by atoms with E-state index in [1.54, 1.807) is 12.1 Å². The Morgan fingerprint density at radius 1 is 1.38 bits per heavy atom. The zero-order chi connectivity index (χ0) is 12.1. The van der Waals surface area contributed by atoms with Gasteiger partial charge in [0.15, 0.2) is 0 Å². The number of nitrogens with two attached hydrogens (primary N) is 1. The Kier molecular flexibility index (Phi) is 4.35. The first-order valence-corrected chi connectivity index (χ1v) is 5.62. The van der Waals surface area contributed by atoms with Gasteiger partial charge in [0, 0.05) is 5.92 Å². The smallest absolute Gasteiger partial charge is 0.220 e. The maximum absolute atomic E-state index is 11.1. The molecule has 1 amide bonds. The van der Waals surface area contributed by atoms with Crippen LogP contribution in [0.15, 0.2) is 24.3 Å². The lowest BCUT2D eigenvalue weighted by atomic mass is 9.88. The summed E-state index contributed by atoms with van der Waals surface area (Å²) in [5, 5.41) is 9.18. The number of aromatic hydroxyl groups is 1. The lowest BCUT2D eigenvalue weighted by Gasteiger charge is -2.17. The van der Waals surface area contributed by atoms with Gasteiger partial charge >= 0.3 is 0 Å². The van der Waals surface area contributed by atoms with Crippen LogP contribution in [0.4, 0.5) is 0 Å². The summed E-state index contributed by atoms with van der Waals surface area (Å²) >= 11 is 0. The minimum absolute atomic E-state index is 0.0659. The van der Waals surface area contributed by atoms with Crippen molar-refractivity contribution < 1.29 is 9.90 Å². The van der Waals surface area contributed by atoms with E-state index in [0.717, 1.165) is 18.4 Å². The summed E-state index contributed by atoms with van der Waals surface area (Å²) in [6.45, 7) is 4.04. The van der Waals surface area contributed by atoms with E-state index in [1.165, 1.54) is 0 Å². The van der Waals surface area contributed by atoms with Gasteiger partial charge in [-0.2, -0.15) is 0 Å². The van der Waals surface area contributed by atoms with Crippen LogP contribution in [0, 0.1) is 5.92 Å². The molecule has 0 bridgehead atoms. The number of hydrogen-bond acceptors (Lipinski definition) is 2. The molecule has 1 aromatic rings. The fraction of sp³-hybridized carbons (Fsp3) is 0.462. The molecule has 2 unspecified atom stereocenters. The summed E-state index contributed by atoms with van der Waals surface area (Å²) in [5.41, 5.74) is 6.44. The molecule has 0 aromatic heterocycles. The van der Waals surface area contributed by atoms with Crippen LogP contribution in [0.1, 0.15) is 38.2 Å². The van der Waals surface area contributed by atoms with Gasteiger partial charge < -0.3 is 10.8 Å². The first-order valence-electron chi connectivity index (χ1n) is 5.62. The van der Waals surface area contributed by atoms with Gasteiger partial charge in [-0.1, -0.05) is 26.0 Å². The van der Waals surface area contributed by atoms with E-state index in [9.17, 15) is 9.90 Å². The number of phenolic OH excluding ortho intramolecular Hbond substituents is 1. The number of benzene rings is 1. The number of amides is 1. The molecule has 0 saturated carbocycles. The first kappa shape index (κ1) is 12.6. The quantitative estimate of drug-likeness (QED) is 0.802. The van der Waals surface area contributed by atoms with Crippen molar-refractivity contribution in [2.24, 2.45) is 11.7 Å². The van der Waals surface area contributed by atoms with Crippen molar-refractivity contribution in [1.82, 2.24) is 0 Å². The molecule has 0 spiro atoms. The van der Waals surface area contributed by atoms with Crippen molar-refractivity contribution in [2.45, 2.75) is 32.6 Å². The van der Waals surface area contributed by atoms with E-state index >= 15 is 0 Å². The largest absolute Gasteiger partial charge is 0.508 e. The maximum Gasteiger partial charge on any atom is 0.220 e. The monoisotopic (exact) mass is 221 g/mol. The van der Waals surface area contributed by atoms with Gasteiger partial charge in [0.25, 0.3) is 0 Å². The average molecular weight is 221 g/mol. The van der Waals surface area contributed by atoms with Crippen LogP contribution in [0.5, 0.6) is 5.75 Å². The molecule has 16 heavy (non-hydrogen) atoms. The van der Waals surface area contributed by atoms with Gasteiger partial charge in [-0.15, -0.1) is 0 Å². The van der Waals surface area contributed by atoms with Crippen molar-refractivity contribution in [3.8, 4) is 5.75 Å². The molecule has 3 nitrogen and oxygen atoms in total. The molecule has 0 fully saturated rings. The SMILES string of the molecule is CCC(CC(C)c1ccc(O)cc1)C(N)=O. The van der Waals surface area contributed by atoms with Crippen molar-refractivity contribution in [3.63, 3.8) is 0 Å². The van der Waals surface area contributed by atoms with Crippen molar-refractivity contribution in [2.75, 3.05) is 0 Å². The van der Waals surface area contributed by atoms with Gasteiger partial charge in [0.05, 0.1) is 0 Å². The van der Waals surface area contributed by atoms with Crippen LogP contribution in [0.2, 0.25) is 0 Å². The maximum atomic E-state index is 11.1. The van der Waals surface area contributed by atoms with Crippen LogP contribution in [0.25, 0.3) is 0 Å². The summed E-state index contributed by atoms with van der Waals surface area (Å²) in [5.74, 6) is 0.243. The van der Waals surface area contributed by atoms with Crippen molar-refractivity contribution in [3.05, 3.63) is 29.8 Å². The number of phenols is 1. The van der Waals surface area contributed by atoms with Crippen LogP contribution in [-0.4, -0.2) is 11.0 Å². The van der Waals surface area contributed by atoms with E-state index in [2.05, 4.69) is 6.92 Å². The molecule has 1 aromatic carbocycles. The van der Waals surface area contributed by atoms with E-state index in [1.807, 2.05) is 19.1 Å². The van der Waals surface area contributed by atoms with Gasteiger partial charge in [-0.3, -0.25) is 4.79 Å². The third-order valence-electron chi connectivity index (χ3n) is 3.00. The highest BCUT2D eigenvalue weighted by molar-refractivity contribution is 5.76. The molecule has 3 heteroatoms. The molecular weight excluding hydrogens is 202 g/mol. The molecule has 0 aliphatic rings. The van der Waals surface area contributed by atoms with E-state index < -0.39 is 0 Å². The van der Waals surface area contributed by atoms with Gasteiger partial charge in [0.1, 0.15) is 5.75 Å². The molecule has 1 rings (SSSR count). The van der Waals surface area contributed by atoms with Gasteiger partial charge in [-0.05, 0) is 36.5 Å². The normalized spacial score (nSPS) is 14.4. The fourth-order valence-electron chi connectivity index (χ4n) is 1.85. The second-order valence-electron chi connectivity index (χ2n) is 4.24. The Morgan fingerprint density at radius 2 is 1.94 bits per heavy atom. The van der Waals surface area contributed by atoms with Crippen molar-refractivity contribution in [1.29, 1.82) is 0 Å². The standard InChI is InChI=1S/C13H19NO2/c1-3-10(13(14)16)8-9(2)11-4-6-12(15)7-5-11/h4-7,9-10,15H,3,8H2,1-2H3,(H2,14,16). The number of carbonyl (C=O) groups excluding carboxylic acids is 1. The zero-order valence-corrected chi connectivity index (χ0v) is 9.81. The number of rotatable bonds is 5. The molecule has 2 atom stereocenters. The van der Waals surface area contributed by atoms with Crippen LogP contribution < -0.4 is 5.73 Å². The third kappa shape index (κ3) is 3.26. The molecule has 0 radical (unpaired) electrons.